The van der Waals surface area contributed by atoms with E-state index in [9.17, 15) is 0 Å². The molecule has 0 amide bonds. The zero-order valence-electron chi connectivity index (χ0n) is 12.4. The first-order valence-corrected chi connectivity index (χ1v) is 9.14. The van der Waals surface area contributed by atoms with Crippen molar-refractivity contribution in [1.29, 1.82) is 0 Å². The number of thiazole rings is 1. The predicted molar refractivity (Wildman–Crippen MR) is 85.5 cm³/mol. The average Bonchev–Trinajstić information content (AvgIpc) is 3.08. The van der Waals surface area contributed by atoms with E-state index in [0.29, 0.717) is 18.0 Å². The van der Waals surface area contributed by atoms with Gasteiger partial charge in [-0.05, 0) is 32.7 Å². The summed E-state index contributed by atoms with van der Waals surface area (Å²) in [6.07, 6.45) is 3.87. The van der Waals surface area contributed by atoms with Gasteiger partial charge in [-0.25, -0.2) is 4.98 Å². The minimum atomic E-state index is 0.467. The Morgan fingerprint density at radius 1 is 1.50 bits per heavy atom. The molecule has 3 unspecified atom stereocenters. The van der Waals surface area contributed by atoms with Crippen molar-refractivity contribution in [3.8, 4) is 0 Å². The monoisotopic (exact) mass is 313 g/mol. The van der Waals surface area contributed by atoms with Gasteiger partial charge in [0.1, 0.15) is 5.01 Å². The fraction of sp³-hybridized carbons (Fsp3) is 0.800. The average molecular weight is 314 g/mol. The lowest BCUT2D eigenvalue weighted by Gasteiger charge is -2.45. The van der Waals surface area contributed by atoms with E-state index in [1.807, 2.05) is 0 Å². The van der Waals surface area contributed by atoms with Crippen molar-refractivity contribution in [3.05, 3.63) is 16.1 Å². The molecule has 3 atom stereocenters. The highest BCUT2D eigenvalue weighted by molar-refractivity contribution is 7.09. The molecular weight excluding hydrogens is 290 g/mol. The highest BCUT2D eigenvalue weighted by Crippen LogP contribution is 2.34. The SMILES string of the molecule is CCC(c1nc(CCl)cs1)N1CC2CCCN2CC1C. The van der Waals surface area contributed by atoms with E-state index in [1.165, 1.54) is 37.5 Å². The van der Waals surface area contributed by atoms with E-state index in [4.69, 9.17) is 16.6 Å². The van der Waals surface area contributed by atoms with Crippen molar-refractivity contribution in [1.82, 2.24) is 14.8 Å². The first kappa shape index (κ1) is 14.8. The summed E-state index contributed by atoms with van der Waals surface area (Å²) in [5.74, 6) is 0.527. The van der Waals surface area contributed by atoms with Gasteiger partial charge in [0.05, 0.1) is 17.6 Å². The molecule has 0 aromatic carbocycles. The second-order valence-corrected chi connectivity index (χ2v) is 7.23. The number of nitrogens with zero attached hydrogens (tertiary/aromatic N) is 3. The Bertz CT molecular complexity index is 450. The third kappa shape index (κ3) is 2.76. The predicted octanol–water partition coefficient (Wildman–Crippen LogP) is 3.50. The molecule has 0 saturated carbocycles. The standard InChI is InChI=1S/C15H24ClN3S/c1-3-14(15-17-12(7-16)10-20-15)19-9-13-5-4-6-18(13)8-11(19)2/h10-11,13-14H,3-9H2,1-2H3. The summed E-state index contributed by atoms with van der Waals surface area (Å²) in [4.78, 5) is 10.1. The maximum Gasteiger partial charge on any atom is 0.110 e. The number of alkyl halides is 1. The fourth-order valence-electron chi connectivity index (χ4n) is 3.73. The van der Waals surface area contributed by atoms with Gasteiger partial charge in [0.2, 0.25) is 0 Å². The van der Waals surface area contributed by atoms with Crippen LogP contribution < -0.4 is 0 Å². The van der Waals surface area contributed by atoms with Crippen LogP contribution in [0.2, 0.25) is 0 Å². The van der Waals surface area contributed by atoms with E-state index in [1.54, 1.807) is 11.3 Å². The number of hydrogen-bond donors (Lipinski definition) is 0. The lowest BCUT2D eigenvalue weighted by Crippen LogP contribution is -2.55. The third-order valence-electron chi connectivity index (χ3n) is 4.76. The molecule has 3 rings (SSSR count). The maximum atomic E-state index is 5.90. The Morgan fingerprint density at radius 3 is 3.05 bits per heavy atom. The van der Waals surface area contributed by atoms with E-state index in [-0.39, 0.29) is 0 Å². The van der Waals surface area contributed by atoms with Crippen LogP contribution in [0.3, 0.4) is 0 Å². The first-order chi connectivity index (χ1) is 9.72. The molecule has 2 aliphatic rings. The van der Waals surface area contributed by atoms with Gasteiger partial charge in [-0.1, -0.05) is 6.92 Å². The number of fused-ring (bicyclic) bond motifs is 1. The van der Waals surface area contributed by atoms with Crippen LogP contribution in [0.15, 0.2) is 5.38 Å². The lowest BCUT2D eigenvalue weighted by molar-refractivity contribution is 0.0257. The summed E-state index contributed by atoms with van der Waals surface area (Å²) in [5, 5.41) is 3.36. The summed E-state index contributed by atoms with van der Waals surface area (Å²) in [7, 11) is 0. The van der Waals surface area contributed by atoms with Crippen LogP contribution in [0.25, 0.3) is 0 Å². The van der Waals surface area contributed by atoms with Gasteiger partial charge in [-0.2, -0.15) is 0 Å². The molecule has 2 fully saturated rings. The zero-order chi connectivity index (χ0) is 14.1. The second-order valence-electron chi connectivity index (χ2n) is 6.07. The molecule has 0 radical (unpaired) electrons. The molecule has 20 heavy (non-hydrogen) atoms. The summed E-state index contributed by atoms with van der Waals surface area (Å²) >= 11 is 7.68. The minimum absolute atomic E-state index is 0.467. The number of hydrogen-bond acceptors (Lipinski definition) is 4. The summed E-state index contributed by atoms with van der Waals surface area (Å²) in [5.41, 5.74) is 1.03. The Hall–Kier alpha value is -0.160. The van der Waals surface area contributed by atoms with E-state index in [2.05, 4.69) is 29.0 Å². The molecule has 1 aromatic rings. The quantitative estimate of drug-likeness (QED) is 0.793. The van der Waals surface area contributed by atoms with Crippen molar-refractivity contribution in [2.45, 2.75) is 57.1 Å². The fourth-order valence-corrected chi connectivity index (χ4v) is 4.98. The Morgan fingerprint density at radius 2 is 2.35 bits per heavy atom. The molecule has 2 aliphatic heterocycles. The van der Waals surface area contributed by atoms with Crippen LogP contribution in [0.1, 0.15) is 49.9 Å². The van der Waals surface area contributed by atoms with Crippen molar-refractivity contribution < 1.29 is 0 Å². The first-order valence-electron chi connectivity index (χ1n) is 7.73. The Kier molecular flexibility index (Phi) is 4.65. The molecule has 112 valence electrons. The van der Waals surface area contributed by atoms with Gasteiger partial charge in [-0.3, -0.25) is 9.80 Å². The second kappa shape index (κ2) is 6.30. The van der Waals surface area contributed by atoms with E-state index in [0.717, 1.165) is 18.2 Å². The lowest BCUT2D eigenvalue weighted by atomic mass is 10.0. The number of rotatable bonds is 4. The molecule has 1 aromatic heterocycles. The van der Waals surface area contributed by atoms with Crippen molar-refractivity contribution in [2.24, 2.45) is 0 Å². The van der Waals surface area contributed by atoms with Crippen LogP contribution >= 0.6 is 22.9 Å². The smallest absolute Gasteiger partial charge is 0.110 e. The largest absolute Gasteiger partial charge is 0.298 e. The van der Waals surface area contributed by atoms with Gasteiger partial charge in [-0.15, -0.1) is 22.9 Å². The number of aromatic nitrogens is 1. The molecule has 2 saturated heterocycles. The van der Waals surface area contributed by atoms with Crippen molar-refractivity contribution in [2.75, 3.05) is 19.6 Å². The Labute approximate surface area is 130 Å². The molecule has 3 heterocycles. The highest BCUT2D eigenvalue weighted by Gasteiger charge is 2.37. The van der Waals surface area contributed by atoms with Gasteiger partial charge >= 0.3 is 0 Å². The third-order valence-corrected chi connectivity index (χ3v) is 6.03. The van der Waals surface area contributed by atoms with Crippen molar-refractivity contribution in [3.63, 3.8) is 0 Å². The molecule has 0 bridgehead atoms. The van der Waals surface area contributed by atoms with Crippen LogP contribution in [0.5, 0.6) is 0 Å². The van der Waals surface area contributed by atoms with E-state index < -0.39 is 0 Å². The van der Waals surface area contributed by atoms with Gasteiger partial charge in [0.25, 0.3) is 0 Å². The van der Waals surface area contributed by atoms with Crippen LogP contribution in [0, 0.1) is 0 Å². The number of piperazine rings is 1. The molecule has 0 N–H and O–H groups in total. The van der Waals surface area contributed by atoms with Gasteiger partial charge < -0.3 is 0 Å². The molecule has 5 heteroatoms. The van der Waals surface area contributed by atoms with Gasteiger partial charge in [0, 0.05) is 30.6 Å². The van der Waals surface area contributed by atoms with Crippen LogP contribution in [-0.4, -0.2) is 46.5 Å². The normalized spacial score (nSPS) is 29.6. The number of halogens is 1. The summed E-state index contributed by atoms with van der Waals surface area (Å²) in [6, 6.07) is 1.86. The topological polar surface area (TPSA) is 19.4 Å². The molecule has 3 nitrogen and oxygen atoms in total. The minimum Gasteiger partial charge on any atom is -0.298 e. The summed E-state index contributed by atoms with van der Waals surface area (Å²) in [6.45, 7) is 8.37. The van der Waals surface area contributed by atoms with Crippen LogP contribution in [0.4, 0.5) is 0 Å². The van der Waals surface area contributed by atoms with Crippen LogP contribution in [-0.2, 0) is 5.88 Å². The highest BCUT2D eigenvalue weighted by atomic mass is 35.5. The van der Waals surface area contributed by atoms with Crippen molar-refractivity contribution >= 4 is 22.9 Å². The maximum absolute atomic E-state index is 5.90. The zero-order valence-corrected chi connectivity index (χ0v) is 14.0. The Balaban J connectivity index is 1.77. The molecule has 0 aliphatic carbocycles. The van der Waals surface area contributed by atoms with Gasteiger partial charge in [0.15, 0.2) is 0 Å². The molecule has 0 spiro atoms. The summed E-state index contributed by atoms with van der Waals surface area (Å²) < 4.78 is 0. The van der Waals surface area contributed by atoms with E-state index >= 15 is 0 Å². The molecular formula is C15H24ClN3S.